The third-order valence-corrected chi connectivity index (χ3v) is 3.41. The fourth-order valence-electron chi connectivity index (χ4n) is 2.07. The Morgan fingerprint density at radius 2 is 1.09 bits per heavy atom. The number of unbranched alkanes of at least 4 members (excludes halogenated alkanes) is 7. The Morgan fingerprint density at radius 3 is 1.50 bits per heavy atom. The van der Waals surface area contributed by atoms with Gasteiger partial charge in [0.2, 0.25) is 0 Å². The minimum atomic E-state index is -5.76. The standard InChI is InChI=1S/C14H23F7O/c15-11(13(17,18)12(16)14(19,20)21)9-7-5-3-1-2-4-6-8-10-22/h11-12,22H,1-10H2. The Hall–Kier alpha value is -0.530. The highest BCUT2D eigenvalue weighted by molar-refractivity contribution is 4.89. The average molecular weight is 340 g/mol. The molecule has 2 atom stereocenters. The third kappa shape index (κ3) is 8.19. The molecule has 0 saturated carbocycles. The van der Waals surface area contributed by atoms with Crippen molar-refractivity contribution >= 4 is 0 Å². The Morgan fingerprint density at radius 1 is 0.682 bits per heavy atom. The van der Waals surface area contributed by atoms with Crippen LogP contribution in [0.15, 0.2) is 0 Å². The van der Waals surface area contributed by atoms with E-state index in [0.717, 1.165) is 32.1 Å². The van der Waals surface area contributed by atoms with Crippen LogP contribution in [0, 0.1) is 0 Å². The van der Waals surface area contributed by atoms with Crippen molar-refractivity contribution in [1.82, 2.24) is 0 Å². The molecule has 8 heteroatoms. The summed E-state index contributed by atoms with van der Waals surface area (Å²) in [6.45, 7) is 0.138. The zero-order valence-electron chi connectivity index (χ0n) is 12.3. The summed E-state index contributed by atoms with van der Waals surface area (Å²) in [5.74, 6) is -5.04. The number of hydrogen-bond acceptors (Lipinski definition) is 1. The van der Waals surface area contributed by atoms with Crippen LogP contribution in [0.4, 0.5) is 30.7 Å². The quantitative estimate of drug-likeness (QED) is 0.374. The van der Waals surface area contributed by atoms with E-state index in [9.17, 15) is 30.7 Å². The van der Waals surface area contributed by atoms with Crippen molar-refractivity contribution in [3.8, 4) is 0 Å². The summed E-state index contributed by atoms with van der Waals surface area (Å²) < 4.78 is 87.3. The molecule has 0 aliphatic rings. The molecule has 134 valence electrons. The lowest BCUT2D eigenvalue weighted by atomic mass is 10.0. The first-order chi connectivity index (χ1) is 10.1. The molecule has 0 rings (SSSR count). The van der Waals surface area contributed by atoms with E-state index in [1.807, 2.05) is 0 Å². The Bertz CT molecular complexity index is 281. The van der Waals surface area contributed by atoms with Gasteiger partial charge in [0.15, 0.2) is 6.17 Å². The van der Waals surface area contributed by atoms with Gasteiger partial charge in [0.25, 0.3) is 6.17 Å². The first kappa shape index (κ1) is 21.5. The second-order valence-electron chi connectivity index (χ2n) is 5.39. The van der Waals surface area contributed by atoms with E-state index in [0.29, 0.717) is 12.8 Å². The molecule has 0 aromatic carbocycles. The molecule has 0 fully saturated rings. The second kappa shape index (κ2) is 10.3. The Kier molecular flexibility index (Phi) is 10.0. The zero-order chi connectivity index (χ0) is 17.2. The van der Waals surface area contributed by atoms with E-state index < -0.39 is 30.9 Å². The van der Waals surface area contributed by atoms with Crippen molar-refractivity contribution in [3.05, 3.63) is 0 Å². The van der Waals surface area contributed by atoms with Crippen LogP contribution in [0.2, 0.25) is 0 Å². The van der Waals surface area contributed by atoms with Crippen molar-refractivity contribution < 1.29 is 35.8 Å². The summed E-state index contributed by atoms with van der Waals surface area (Å²) in [6.07, 6.45) is -8.81. The van der Waals surface area contributed by atoms with Crippen LogP contribution in [-0.4, -0.2) is 36.2 Å². The van der Waals surface area contributed by atoms with Crippen LogP contribution in [0.3, 0.4) is 0 Å². The number of rotatable bonds is 12. The first-order valence-corrected chi connectivity index (χ1v) is 7.47. The summed E-state index contributed by atoms with van der Waals surface area (Å²) in [5.41, 5.74) is 0. The van der Waals surface area contributed by atoms with E-state index in [1.54, 1.807) is 0 Å². The zero-order valence-corrected chi connectivity index (χ0v) is 12.3. The number of hydrogen-bond donors (Lipinski definition) is 1. The normalized spacial score (nSPS) is 15.8. The van der Waals surface area contributed by atoms with Crippen molar-refractivity contribution in [3.63, 3.8) is 0 Å². The largest absolute Gasteiger partial charge is 0.425 e. The van der Waals surface area contributed by atoms with E-state index >= 15 is 0 Å². The highest BCUT2D eigenvalue weighted by atomic mass is 19.4. The molecular weight excluding hydrogens is 317 g/mol. The highest BCUT2D eigenvalue weighted by Gasteiger charge is 2.60. The maximum absolute atomic E-state index is 13.2. The number of aliphatic hydroxyl groups excluding tert-OH is 1. The predicted octanol–water partition coefficient (Wildman–Crippen LogP) is 5.36. The van der Waals surface area contributed by atoms with Crippen molar-refractivity contribution in [2.24, 2.45) is 0 Å². The van der Waals surface area contributed by atoms with Gasteiger partial charge in [0, 0.05) is 6.61 Å². The summed E-state index contributed by atoms with van der Waals surface area (Å²) in [4.78, 5) is 0. The van der Waals surface area contributed by atoms with Gasteiger partial charge in [-0.3, -0.25) is 0 Å². The molecule has 2 unspecified atom stereocenters. The van der Waals surface area contributed by atoms with Gasteiger partial charge in [-0.2, -0.15) is 22.0 Å². The average Bonchev–Trinajstić information content (AvgIpc) is 2.43. The molecule has 1 N–H and O–H groups in total. The smallest absolute Gasteiger partial charge is 0.396 e. The summed E-state index contributed by atoms with van der Waals surface area (Å²) in [6, 6.07) is 0. The van der Waals surface area contributed by atoms with E-state index in [1.165, 1.54) is 0 Å². The first-order valence-electron chi connectivity index (χ1n) is 7.47. The van der Waals surface area contributed by atoms with Crippen molar-refractivity contribution in [2.45, 2.75) is 82.2 Å². The number of aliphatic hydroxyl groups is 1. The Balaban J connectivity index is 3.82. The monoisotopic (exact) mass is 340 g/mol. The molecule has 0 bridgehead atoms. The molecule has 0 aromatic heterocycles. The van der Waals surface area contributed by atoms with Crippen LogP contribution in [0.1, 0.15) is 57.8 Å². The molecule has 0 amide bonds. The van der Waals surface area contributed by atoms with Crippen molar-refractivity contribution in [1.29, 1.82) is 0 Å². The molecule has 0 saturated heterocycles. The van der Waals surface area contributed by atoms with Crippen LogP contribution in [0.25, 0.3) is 0 Å². The van der Waals surface area contributed by atoms with Crippen LogP contribution in [-0.2, 0) is 0 Å². The molecule has 1 nitrogen and oxygen atoms in total. The molecule has 22 heavy (non-hydrogen) atoms. The molecule has 0 spiro atoms. The molecule has 0 aromatic rings. The minimum Gasteiger partial charge on any atom is -0.396 e. The summed E-state index contributed by atoms with van der Waals surface area (Å²) in [5, 5.41) is 8.55. The lowest BCUT2D eigenvalue weighted by molar-refractivity contribution is -0.260. The minimum absolute atomic E-state index is 0.00201. The van der Waals surface area contributed by atoms with Gasteiger partial charge in [-0.25, -0.2) is 8.78 Å². The van der Waals surface area contributed by atoms with E-state index in [2.05, 4.69) is 0 Å². The molecule has 0 heterocycles. The van der Waals surface area contributed by atoms with Crippen LogP contribution in [0.5, 0.6) is 0 Å². The van der Waals surface area contributed by atoms with Gasteiger partial charge < -0.3 is 5.11 Å². The molecule has 0 aliphatic carbocycles. The van der Waals surface area contributed by atoms with Gasteiger partial charge in [-0.1, -0.05) is 44.9 Å². The molecule has 0 radical (unpaired) electrons. The summed E-state index contributed by atoms with van der Waals surface area (Å²) in [7, 11) is 0. The number of halogens is 7. The van der Waals surface area contributed by atoms with Crippen LogP contribution >= 0.6 is 0 Å². The molecule has 0 aliphatic heterocycles. The SMILES string of the molecule is OCCCCCCCCCCC(F)C(F)(F)C(F)C(F)(F)F. The summed E-state index contributed by atoms with van der Waals surface area (Å²) >= 11 is 0. The fourth-order valence-corrected chi connectivity index (χ4v) is 2.07. The Labute approximate surface area is 125 Å². The maximum atomic E-state index is 13.2. The van der Waals surface area contributed by atoms with Gasteiger partial charge in [-0.15, -0.1) is 0 Å². The number of alkyl halides is 7. The lowest BCUT2D eigenvalue weighted by Crippen LogP contribution is -2.47. The van der Waals surface area contributed by atoms with Gasteiger partial charge >= 0.3 is 12.1 Å². The third-order valence-electron chi connectivity index (χ3n) is 3.41. The van der Waals surface area contributed by atoms with E-state index in [4.69, 9.17) is 5.11 Å². The lowest BCUT2D eigenvalue weighted by Gasteiger charge is -2.25. The van der Waals surface area contributed by atoms with Crippen molar-refractivity contribution in [2.75, 3.05) is 6.61 Å². The fraction of sp³-hybridized carbons (Fsp3) is 1.00. The van der Waals surface area contributed by atoms with Crippen LogP contribution < -0.4 is 0 Å². The van der Waals surface area contributed by atoms with Gasteiger partial charge in [0.05, 0.1) is 0 Å². The van der Waals surface area contributed by atoms with Gasteiger partial charge in [0.1, 0.15) is 0 Å². The topological polar surface area (TPSA) is 20.2 Å². The maximum Gasteiger partial charge on any atom is 0.425 e. The highest BCUT2D eigenvalue weighted by Crippen LogP contribution is 2.39. The predicted molar refractivity (Wildman–Crippen MR) is 69.4 cm³/mol. The van der Waals surface area contributed by atoms with E-state index in [-0.39, 0.29) is 13.0 Å². The second-order valence-corrected chi connectivity index (χ2v) is 5.39. The molecular formula is C14H23F7O. The van der Waals surface area contributed by atoms with Gasteiger partial charge in [-0.05, 0) is 12.8 Å².